The van der Waals surface area contributed by atoms with Gasteiger partial charge in [-0.05, 0) is 19.1 Å². The van der Waals surface area contributed by atoms with Crippen LogP contribution < -0.4 is 15.8 Å². The van der Waals surface area contributed by atoms with Gasteiger partial charge < -0.3 is 15.8 Å². The summed E-state index contributed by atoms with van der Waals surface area (Å²) in [6, 6.07) is 4.96. The lowest BCUT2D eigenvalue weighted by Crippen LogP contribution is -2.22. The summed E-state index contributed by atoms with van der Waals surface area (Å²) in [6.45, 7) is 2.39. The number of anilines is 1. The molecule has 1 amide bonds. The maximum Gasteiger partial charge on any atom is 0.255 e. The van der Waals surface area contributed by atoms with Crippen LogP contribution in [-0.4, -0.2) is 18.0 Å². The van der Waals surface area contributed by atoms with Crippen LogP contribution in [0.1, 0.15) is 20.2 Å². The topological polar surface area (TPSA) is 77.2 Å². The van der Waals surface area contributed by atoms with Crippen molar-refractivity contribution in [2.75, 3.05) is 12.8 Å². The Balaban J connectivity index is 2.07. The third-order valence-electron chi connectivity index (χ3n) is 2.56. The molecule has 2 aromatic rings. The van der Waals surface area contributed by atoms with Gasteiger partial charge in [0.25, 0.3) is 5.91 Å². The summed E-state index contributed by atoms with van der Waals surface area (Å²) in [6.07, 6.45) is 1.76. The maximum absolute atomic E-state index is 12.1. The van der Waals surface area contributed by atoms with Crippen molar-refractivity contribution in [1.82, 2.24) is 10.3 Å². The fourth-order valence-corrected chi connectivity index (χ4v) is 2.38. The van der Waals surface area contributed by atoms with E-state index in [4.69, 9.17) is 10.5 Å². The molecule has 1 aromatic carbocycles. The molecule has 0 unspecified atom stereocenters. The molecule has 6 heteroatoms. The summed E-state index contributed by atoms with van der Waals surface area (Å²) >= 11 is 1.56. The molecule has 0 atom stereocenters. The summed E-state index contributed by atoms with van der Waals surface area (Å²) in [5, 5.41) is 3.81. The average molecular weight is 277 g/mol. The lowest BCUT2D eigenvalue weighted by molar-refractivity contribution is 0.0948. The lowest BCUT2D eigenvalue weighted by atomic mass is 10.1. The fraction of sp³-hybridized carbons (Fsp3) is 0.231. The molecule has 5 nitrogen and oxygen atoms in total. The van der Waals surface area contributed by atoms with Crippen LogP contribution in [-0.2, 0) is 6.54 Å². The second-order valence-corrected chi connectivity index (χ2v) is 5.31. The number of aryl methyl sites for hydroxylation is 1. The molecule has 3 N–H and O–H groups in total. The van der Waals surface area contributed by atoms with E-state index in [0.29, 0.717) is 23.5 Å². The zero-order valence-electron chi connectivity index (χ0n) is 10.8. The van der Waals surface area contributed by atoms with Crippen molar-refractivity contribution < 1.29 is 9.53 Å². The molecule has 100 valence electrons. The van der Waals surface area contributed by atoms with E-state index < -0.39 is 0 Å². The molecule has 0 saturated carbocycles. The first-order valence-electron chi connectivity index (χ1n) is 5.73. The van der Waals surface area contributed by atoms with E-state index in [1.165, 1.54) is 7.11 Å². The standard InChI is InChI=1S/C13H15N3O2S/c1-8-15-6-10(19-8)7-16-13(17)11-4-3-9(14)5-12(11)18-2/h3-6H,7,14H2,1-2H3,(H,16,17). The first kappa shape index (κ1) is 13.4. The number of thiazole rings is 1. The van der Waals surface area contributed by atoms with Gasteiger partial charge in [-0.25, -0.2) is 4.98 Å². The van der Waals surface area contributed by atoms with Crippen molar-refractivity contribution in [3.63, 3.8) is 0 Å². The minimum atomic E-state index is -0.192. The first-order valence-corrected chi connectivity index (χ1v) is 6.55. The van der Waals surface area contributed by atoms with Gasteiger partial charge in [0.1, 0.15) is 5.75 Å². The molecule has 0 aliphatic rings. The number of nitrogen functional groups attached to an aromatic ring is 1. The van der Waals surface area contributed by atoms with Crippen LogP contribution in [0.5, 0.6) is 5.75 Å². The van der Waals surface area contributed by atoms with Gasteiger partial charge in [-0.15, -0.1) is 11.3 Å². The number of nitrogens with zero attached hydrogens (tertiary/aromatic N) is 1. The average Bonchev–Trinajstić information content (AvgIpc) is 2.81. The number of benzene rings is 1. The Hall–Kier alpha value is -2.08. The van der Waals surface area contributed by atoms with Crippen molar-refractivity contribution >= 4 is 22.9 Å². The molecule has 2 rings (SSSR count). The maximum atomic E-state index is 12.1. The zero-order valence-corrected chi connectivity index (χ0v) is 11.6. The Kier molecular flexibility index (Phi) is 4.01. The highest BCUT2D eigenvalue weighted by Gasteiger charge is 2.12. The second kappa shape index (κ2) is 5.71. The van der Waals surface area contributed by atoms with E-state index in [9.17, 15) is 4.79 Å². The fourth-order valence-electron chi connectivity index (χ4n) is 1.65. The van der Waals surface area contributed by atoms with Gasteiger partial charge in [-0.1, -0.05) is 0 Å². The van der Waals surface area contributed by atoms with Crippen LogP contribution in [0.25, 0.3) is 0 Å². The summed E-state index contributed by atoms with van der Waals surface area (Å²) in [7, 11) is 1.51. The lowest BCUT2D eigenvalue weighted by Gasteiger charge is -2.09. The Morgan fingerprint density at radius 3 is 2.95 bits per heavy atom. The van der Waals surface area contributed by atoms with Gasteiger partial charge in [0.2, 0.25) is 0 Å². The number of carbonyl (C=O) groups excluding carboxylic acids is 1. The number of ether oxygens (including phenoxy) is 1. The number of amides is 1. The van der Waals surface area contributed by atoms with E-state index in [2.05, 4.69) is 10.3 Å². The molecule has 0 radical (unpaired) electrons. The van der Waals surface area contributed by atoms with Gasteiger partial charge in [0.15, 0.2) is 0 Å². The van der Waals surface area contributed by atoms with E-state index in [-0.39, 0.29) is 5.91 Å². The highest BCUT2D eigenvalue weighted by atomic mass is 32.1. The molecule has 19 heavy (non-hydrogen) atoms. The van der Waals surface area contributed by atoms with Crippen molar-refractivity contribution in [3.05, 3.63) is 39.8 Å². The Bertz CT molecular complexity index is 595. The second-order valence-electron chi connectivity index (χ2n) is 3.99. The molecule has 0 aliphatic heterocycles. The van der Waals surface area contributed by atoms with Gasteiger partial charge in [0, 0.05) is 22.8 Å². The number of hydrogen-bond acceptors (Lipinski definition) is 5. The predicted octanol–water partition coefficient (Wildman–Crippen LogP) is 1.97. The van der Waals surface area contributed by atoms with Crippen LogP contribution in [0.15, 0.2) is 24.4 Å². The molecule has 0 bridgehead atoms. The normalized spacial score (nSPS) is 10.2. The number of methoxy groups -OCH3 is 1. The van der Waals surface area contributed by atoms with Crippen LogP contribution >= 0.6 is 11.3 Å². The highest BCUT2D eigenvalue weighted by Crippen LogP contribution is 2.21. The van der Waals surface area contributed by atoms with E-state index >= 15 is 0 Å². The van der Waals surface area contributed by atoms with Gasteiger partial charge in [0.05, 0.1) is 24.2 Å². The summed E-state index contributed by atoms with van der Waals surface area (Å²) in [4.78, 5) is 17.2. The Morgan fingerprint density at radius 2 is 2.32 bits per heavy atom. The Morgan fingerprint density at radius 1 is 1.53 bits per heavy atom. The molecule has 1 aromatic heterocycles. The van der Waals surface area contributed by atoms with E-state index in [1.54, 1.807) is 35.7 Å². The van der Waals surface area contributed by atoms with Crippen molar-refractivity contribution in [3.8, 4) is 5.75 Å². The molecule has 1 heterocycles. The Labute approximate surface area is 115 Å². The number of nitrogens with one attached hydrogen (secondary N) is 1. The SMILES string of the molecule is COc1cc(N)ccc1C(=O)NCc1cnc(C)s1. The minimum absolute atomic E-state index is 0.192. The van der Waals surface area contributed by atoms with Crippen LogP contribution in [0.2, 0.25) is 0 Å². The van der Waals surface area contributed by atoms with Gasteiger partial charge in [-0.2, -0.15) is 0 Å². The number of carbonyl (C=O) groups is 1. The first-order chi connectivity index (χ1) is 9.10. The predicted molar refractivity (Wildman–Crippen MR) is 75.4 cm³/mol. The van der Waals surface area contributed by atoms with Gasteiger partial charge >= 0.3 is 0 Å². The van der Waals surface area contributed by atoms with Crippen LogP contribution in [0.4, 0.5) is 5.69 Å². The smallest absolute Gasteiger partial charge is 0.255 e. The molecular formula is C13H15N3O2S. The van der Waals surface area contributed by atoms with Crippen LogP contribution in [0, 0.1) is 6.92 Å². The number of aromatic nitrogens is 1. The van der Waals surface area contributed by atoms with E-state index in [0.717, 1.165) is 9.88 Å². The third-order valence-corrected chi connectivity index (χ3v) is 3.48. The molecule has 0 fully saturated rings. The summed E-state index contributed by atoms with van der Waals surface area (Å²) in [5.74, 6) is 0.279. The third kappa shape index (κ3) is 3.23. The molecule has 0 saturated heterocycles. The quantitative estimate of drug-likeness (QED) is 0.838. The van der Waals surface area contributed by atoms with Crippen molar-refractivity contribution in [2.45, 2.75) is 13.5 Å². The summed E-state index contributed by atoms with van der Waals surface area (Å²) in [5.41, 5.74) is 6.68. The summed E-state index contributed by atoms with van der Waals surface area (Å²) < 4.78 is 5.15. The largest absolute Gasteiger partial charge is 0.496 e. The molecule has 0 spiro atoms. The number of rotatable bonds is 4. The van der Waals surface area contributed by atoms with Gasteiger partial charge in [-0.3, -0.25) is 4.79 Å². The number of hydrogen-bond donors (Lipinski definition) is 2. The molecule has 0 aliphatic carbocycles. The van der Waals surface area contributed by atoms with E-state index in [1.807, 2.05) is 6.92 Å². The minimum Gasteiger partial charge on any atom is -0.496 e. The van der Waals surface area contributed by atoms with Crippen LogP contribution in [0.3, 0.4) is 0 Å². The zero-order chi connectivity index (χ0) is 13.8. The van der Waals surface area contributed by atoms with Crippen molar-refractivity contribution in [1.29, 1.82) is 0 Å². The molecular weight excluding hydrogens is 262 g/mol. The monoisotopic (exact) mass is 277 g/mol. The van der Waals surface area contributed by atoms with Crippen molar-refractivity contribution in [2.24, 2.45) is 0 Å². The number of nitrogens with two attached hydrogens (primary N) is 1. The highest BCUT2D eigenvalue weighted by molar-refractivity contribution is 7.11.